The van der Waals surface area contributed by atoms with Gasteiger partial charge in [0.15, 0.2) is 0 Å². The van der Waals surface area contributed by atoms with Crippen LogP contribution in [0, 0.1) is 5.82 Å². The van der Waals surface area contributed by atoms with E-state index >= 15 is 0 Å². The van der Waals surface area contributed by atoms with Gasteiger partial charge in [-0.25, -0.2) is 4.39 Å². The monoisotopic (exact) mass is 200 g/mol. The summed E-state index contributed by atoms with van der Waals surface area (Å²) in [6.45, 7) is 0.717. The first-order valence-corrected chi connectivity index (χ1v) is 5.35. The molecule has 0 atom stereocenters. The van der Waals surface area contributed by atoms with Gasteiger partial charge in [0.05, 0.1) is 6.20 Å². The molecule has 0 aliphatic rings. The van der Waals surface area contributed by atoms with E-state index in [4.69, 9.17) is 5.73 Å². The Morgan fingerprint density at radius 1 is 1.46 bits per heavy atom. The molecule has 1 heterocycles. The zero-order valence-corrected chi connectivity index (χ0v) is 8.19. The molecule has 0 aromatic carbocycles. The van der Waals surface area contributed by atoms with Crippen molar-refractivity contribution in [2.75, 3.05) is 12.3 Å². The number of rotatable bonds is 5. The first kappa shape index (κ1) is 10.5. The average Bonchev–Trinajstić information content (AvgIpc) is 2.13. The Bertz CT molecular complexity index is 255. The Labute approximate surface area is 81.7 Å². The smallest absolute Gasteiger partial charge is 0.141 e. The van der Waals surface area contributed by atoms with E-state index in [1.165, 1.54) is 12.3 Å². The normalized spacial score (nSPS) is 10.3. The SMILES string of the molecule is NCCCSCc1cncc(F)c1. The van der Waals surface area contributed by atoms with Crippen LogP contribution >= 0.6 is 11.8 Å². The Morgan fingerprint density at radius 3 is 3.00 bits per heavy atom. The number of hydrogen-bond acceptors (Lipinski definition) is 3. The minimum Gasteiger partial charge on any atom is -0.330 e. The molecule has 0 aliphatic carbocycles. The van der Waals surface area contributed by atoms with Gasteiger partial charge in [0, 0.05) is 11.9 Å². The first-order valence-electron chi connectivity index (χ1n) is 4.20. The minimum absolute atomic E-state index is 0.267. The number of pyridine rings is 1. The van der Waals surface area contributed by atoms with Crippen LogP contribution < -0.4 is 5.73 Å². The number of nitrogens with zero attached hydrogens (tertiary/aromatic N) is 1. The number of thioether (sulfide) groups is 1. The second-order valence-electron chi connectivity index (χ2n) is 2.71. The van der Waals surface area contributed by atoms with Crippen molar-refractivity contribution in [2.45, 2.75) is 12.2 Å². The molecule has 0 saturated heterocycles. The van der Waals surface area contributed by atoms with Crippen molar-refractivity contribution in [2.24, 2.45) is 5.73 Å². The molecule has 4 heteroatoms. The van der Waals surface area contributed by atoms with Crippen LogP contribution in [0.3, 0.4) is 0 Å². The van der Waals surface area contributed by atoms with Crippen LogP contribution in [-0.2, 0) is 5.75 Å². The fourth-order valence-corrected chi connectivity index (χ4v) is 1.82. The lowest BCUT2D eigenvalue weighted by Crippen LogP contribution is -1.99. The number of hydrogen-bond donors (Lipinski definition) is 1. The van der Waals surface area contributed by atoms with Crippen molar-refractivity contribution in [1.29, 1.82) is 0 Å². The van der Waals surface area contributed by atoms with E-state index in [0.29, 0.717) is 6.54 Å². The zero-order valence-electron chi connectivity index (χ0n) is 7.37. The summed E-state index contributed by atoms with van der Waals surface area (Å²) < 4.78 is 12.7. The van der Waals surface area contributed by atoms with Gasteiger partial charge in [-0.15, -0.1) is 0 Å². The molecule has 2 nitrogen and oxygen atoms in total. The van der Waals surface area contributed by atoms with Crippen LogP contribution in [0.5, 0.6) is 0 Å². The third-order valence-corrected chi connectivity index (χ3v) is 2.64. The minimum atomic E-state index is -0.267. The van der Waals surface area contributed by atoms with Crippen LogP contribution in [0.2, 0.25) is 0 Å². The van der Waals surface area contributed by atoms with Gasteiger partial charge in [0.2, 0.25) is 0 Å². The van der Waals surface area contributed by atoms with E-state index in [1.807, 2.05) is 0 Å². The third-order valence-electron chi connectivity index (χ3n) is 1.52. The second-order valence-corrected chi connectivity index (χ2v) is 3.81. The van der Waals surface area contributed by atoms with Crippen molar-refractivity contribution in [3.05, 3.63) is 29.8 Å². The lowest BCUT2D eigenvalue weighted by Gasteiger charge is -2.00. The van der Waals surface area contributed by atoms with Crippen LogP contribution in [0.1, 0.15) is 12.0 Å². The molecule has 0 radical (unpaired) electrons. The average molecular weight is 200 g/mol. The third kappa shape index (κ3) is 4.24. The van der Waals surface area contributed by atoms with Gasteiger partial charge in [-0.2, -0.15) is 11.8 Å². The number of halogens is 1. The van der Waals surface area contributed by atoms with E-state index in [0.717, 1.165) is 23.5 Å². The molecule has 0 bridgehead atoms. The molecule has 0 unspecified atom stereocenters. The van der Waals surface area contributed by atoms with Crippen molar-refractivity contribution >= 4 is 11.8 Å². The molecular weight excluding hydrogens is 187 g/mol. The van der Waals surface area contributed by atoms with E-state index in [9.17, 15) is 4.39 Å². The van der Waals surface area contributed by atoms with Crippen LogP contribution in [0.4, 0.5) is 4.39 Å². The maximum Gasteiger partial charge on any atom is 0.141 e. The lowest BCUT2D eigenvalue weighted by atomic mass is 10.3. The summed E-state index contributed by atoms with van der Waals surface area (Å²) in [6.07, 6.45) is 3.92. The standard InChI is InChI=1S/C9H13FN2S/c10-9-4-8(5-12-6-9)7-13-3-1-2-11/h4-6H,1-3,7,11H2. The molecule has 1 aromatic rings. The predicted octanol–water partition coefficient (Wildman–Crippen LogP) is 1.80. The molecule has 0 amide bonds. The van der Waals surface area contributed by atoms with Gasteiger partial charge in [-0.1, -0.05) is 0 Å². The van der Waals surface area contributed by atoms with Crippen LogP contribution in [0.25, 0.3) is 0 Å². The van der Waals surface area contributed by atoms with Gasteiger partial charge >= 0.3 is 0 Å². The Hall–Kier alpha value is -0.610. The van der Waals surface area contributed by atoms with Gasteiger partial charge in [-0.05, 0) is 30.3 Å². The number of aromatic nitrogens is 1. The van der Waals surface area contributed by atoms with Crippen LogP contribution in [-0.4, -0.2) is 17.3 Å². The fraction of sp³-hybridized carbons (Fsp3) is 0.444. The molecule has 2 N–H and O–H groups in total. The molecular formula is C9H13FN2S. The molecule has 0 saturated carbocycles. The van der Waals surface area contributed by atoms with Crippen molar-refractivity contribution in [3.63, 3.8) is 0 Å². The summed E-state index contributed by atoms with van der Waals surface area (Å²) >= 11 is 1.75. The Balaban J connectivity index is 2.28. The van der Waals surface area contributed by atoms with Crippen LogP contribution in [0.15, 0.2) is 18.5 Å². The molecule has 0 aliphatic heterocycles. The maximum atomic E-state index is 12.7. The lowest BCUT2D eigenvalue weighted by molar-refractivity contribution is 0.619. The van der Waals surface area contributed by atoms with Gasteiger partial charge in [0.25, 0.3) is 0 Å². The molecule has 13 heavy (non-hydrogen) atoms. The summed E-state index contributed by atoms with van der Waals surface area (Å²) in [4.78, 5) is 3.77. The fourth-order valence-electron chi connectivity index (χ4n) is 0.910. The highest BCUT2D eigenvalue weighted by Crippen LogP contribution is 2.12. The van der Waals surface area contributed by atoms with Gasteiger partial charge in [-0.3, -0.25) is 4.98 Å². The van der Waals surface area contributed by atoms with E-state index in [1.54, 1.807) is 18.0 Å². The van der Waals surface area contributed by atoms with Gasteiger partial charge in [0.1, 0.15) is 5.82 Å². The largest absolute Gasteiger partial charge is 0.330 e. The molecule has 0 spiro atoms. The van der Waals surface area contributed by atoms with E-state index in [2.05, 4.69) is 4.98 Å². The second kappa shape index (κ2) is 5.94. The van der Waals surface area contributed by atoms with Crippen molar-refractivity contribution < 1.29 is 4.39 Å². The summed E-state index contributed by atoms with van der Waals surface area (Å²) in [5.74, 6) is 1.56. The Morgan fingerprint density at radius 2 is 2.31 bits per heavy atom. The summed E-state index contributed by atoms with van der Waals surface area (Å²) in [5, 5.41) is 0. The molecule has 1 aromatic heterocycles. The topological polar surface area (TPSA) is 38.9 Å². The number of nitrogens with two attached hydrogens (primary N) is 1. The van der Waals surface area contributed by atoms with Gasteiger partial charge < -0.3 is 5.73 Å². The first-order chi connectivity index (χ1) is 6.33. The van der Waals surface area contributed by atoms with Crippen molar-refractivity contribution in [3.8, 4) is 0 Å². The summed E-state index contributed by atoms with van der Waals surface area (Å²) in [6, 6.07) is 1.52. The van der Waals surface area contributed by atoms with E-state index < -0.39 is 0 Å². The summed E-state index contributed by atoms with van der Waals surface area (Å²) in [7, 11) is 0. The van der Waals surface area contributed by atoms with Crippen molar-refractivity contribution in [1.82, 2.24) is 4.98 Å². The maximum absolute atomic E-state index is 12.7. The summed E-state index contributed by atoms with van der Waals surface area (Å²) in [5.41, 5.74) is 6.28. The quantitative estimate of drug-likeness (QED) is 0.737. The highest BCUT2D eigenvalue weighted by atomic mass is 32.2. The molecule has 0 fully saturated rings. The highest BCUT2D eigenvalue weighted by molar-refractivity contribution is 7.98. The predicted molar refractivity (Wildman–Crippen MR) is 54.0 cm³/mol. The molecule has 72 valence electrons. The zero-order chi connectivity index (χ0) is 9.52. The molecule has 1 rings (SSSR count). The highest BCUT2D eigenvalue weighted by Gasteiger charge is 1.95. The Kier molecular flexibility index (Phi) is 4.78. The van der Waals surface area contributed by atoms with E-state index in [-0.39, 0.29) is 5.82 Å².